The Hall–Kier alpha value is -3.37. The van der Waals surface area contributed by atoms with E-state index in [0.29, 0.717) is 56.9 Å². The number of aliphatic hydroxyl groups excluding tert-OH is 2. The Balaban J connectivity index is 1.74. The fourth-order valence-corrected chi connectivity index (χ4v) is 10.1. The third kappa shape index (κ3) is 14.3. The van der Waals surface area contributed by atoms with E-state index in [1.807, 2.05) is 58.1 Å². The molecule has 2 saturated heterocycles. The van der Waals surface area contributed by atoms with E-state index in [1.165, 1.54) is 12.0 Å². The van der Waals surface area contributed by atoms with Crippen molar-refractivity contribution in [2.24, 2.45) is 35.5 Å². The van der Waals surface area contributed by atoms with Crippen molar-refractivity contribution < 1.29 is 63.0 Å². The molecule has 0 spiro atoms. The topological polar surface area (TPSA) is 195 Å². The Morgan fingerprint density at radius 3 is 2.23 bits per heavy atom. The molecular weight excluding hydrogens is 835 g/mol. The van der Waals surface area contributed by atoms with Gasteiger partial charge in [0.25, 0.3) is 5.91 Å². The number of cyclic esters (lactones) is 1. The number of hydrogen-bond acceptors (Lipinski definition) is 13. The normalized spacial score (nSPS) is 39.6. The maximum atomic E-state index is 14.6. The summed E-state index contributed by atoms with van der Waals surface area (Å²) in [6.07, 6.45) is 10.7. The number of hydrogen-bond donors (Lipinski definition) is 3. The van der Waals surface area contributed by atoms with E-state index in [9.17, 15) is 39.3 Å². The first-order chi connectivity index (χ1) is 30.7. The summed E-state index contributed by atoms with van der Waals surface area (Å²) in [5.41, 5.74) is 1.24. The molecule has 15 atom stereocenters. The maximum absolute atomic E-state index is 14.6. The number of Topliss-reactive ketones (excluding diaryl/α,β-unsaturated/α-hetero) is 3. The highest BCUT2D eigenvalue weighted by Crippen LogP contribution is 2.36. The van der Waals surface area contributed by atoms with Crippen molar-refractivity contribution >= 4 is 29.2 Å². The predicted molar refractivity (Wildman–Crippen MR) is 245 cm³/mol. The van der Waals surface area contributed by atoms with Crippen LogP contribution >= 0.6 is 0 Å². The van der Waals surface area contributed by atoms with Crippen molar-refractivity contribution in [1.29, 1.82) is 0 Å². The number of rotatable bonds is 6. The number of methoxy groups -OCH3 is 3. The van der Waals surface area contributed by atoms with Gasteiger partial charge in [0.1, 0.15) is 30.1 Å². The largest absolute Gasteiger partial charge is 0.460 e. The first kappa shape index (κ1) is 54.2. The van der Waals surface area contributed by atoms with Gasteiger partial charge in [-0.3, -0.25) is 19.2 Å². The molecule has 0 aromatic carbocycles. The van der Waals surface area contributed by atoms with Gasteiger partial charge < -0.3 is 43.9 Å². The third-order valence-electron chi connectivity index (χ3n) is 14.4. The van der Waals surface area contributed by atoms with Crippen molar-refractivity contribution in [3.8, 4) is 0 Å². The number of piperidine rings is 1. The summed E-state index contributed by atoms with van der Waals surface area (Å²) in [6.45, 7) is 12.7. The van der Waals surface area contributed by atoms with E-state index in [2.05, 4.69) is 0 Å². The van der Waals surface area contributed by atoms with Gasteiger partial charge in [0.2, 0.25) is 5.78 Å². The van der Waals surface area contributed by atoms with Crippen LogP contribution in [0.1, 0.15) is 126 Å². The zero-order valence-corrected chi connectivity index (χ0v) is 40.6. The molecule has 1 saturated carbocycles. The lowest BCUT2D eigenvalue weighted by molar-refractivity contribution is -0.231. The second-order valence-corrected chi connectivity index (χ2v) is 19.6. The molecule has 0 aromatic heterocycles. The number of aliphatic hydroxyl groups is 3. The Morgan fingerprint density at radius 2 is 1.55 bits per heavy atom. The molecule has 0 radical (unpaired) electrons. The van der Waals surface area contributed by atoms with Crippen molar-refractivity contribution in [1.82, 2.24) is 4.90 Å². The molecule has 3 aliphatic heterocycles. The Kier molecular flexibility index (Phi) is 21.0. The molecule has 3 heterocycles. The fraction of sp³-hybridized carbons (Fsp3) is 0.745. The lowest BCUT2D eigenvalue weighted by atomic mass is 9.78. The minimum atomic E-state index is -2.85. The van der Waals surface area contributed by atoms with Crippen LogP contribution in [0.25, 0.3) is 0 Å². The molecule has 2 bridgehead atoms. The van der Waals surface area contributed by atoms with Crippen LogP contribution in [-0.2, 0) is 47.7 Å². The van der Waals surface area contributed by atoms with Crippen LogP contribution in [0.2, 0.25) is 0 Å². The van der Waals surface area contributed by atoms with Crippen LogP contribution in [0.5, 0.6) is 0 Å². The van der Waals surface area contributed by atoms with Gasteiger partial charge in [-0.25, -0.2) is 4.79 Å². The Bertz CT molecular complexity index is 1760. The molecule has 3 N–H and O–H groups in total. The molecule has 4 rings (SSSR count). The lowest BCUT2D eigenvalue weighted by Gasteiger charge is -2.40. The Labute approximate surface area is 387 Å². The van der Waals surface area contributed by atoms with E-state index < -0.39 is 83.9 Å². The van der Waals surface area contributed by atoms with Crippen LogP contribution in [0.4, 0.5) is 0 Å². The average Bonchev–Trinajstić information content (AvgIpc) is 3.39. The maximum Gasteiger partial charge on any atom is 0.329 e. The van der Waals surface area contributed by atoms with Gasteiger partial charge >= 0.3 is 11.8 Å². The van der Waals surface area contributed by atoms with E-state index >= 15 is 0 Å². The molecule has 4 aliphatic rings. The van der Waals surface area contributed by atoms with Gasteiger partial charge in [-0.1, -0.05) is 71.1 Å². The summed E-state index contributed by atoms with van der Waals surface area (Å²) in [6, 6.07) is -1.16. The molecule has 366 valence electrons. The highest BCUT2D eigenvalue weighted by atomic mass is 16.6. The summed E-state index contributed by atoms with van der Waals surface area (Å²) >= 11 is 0. The first-order valence-corrected chi connectivity index (χ1v) is 23.9. The molecule has 1 aliphatic carbocycles. The van der Waals surface area contributed by atoms with E-state index in [0.717, 1.165) is 12.0 Å². The first-order valence-electron chi connectivity index (χ1n) is 23.9. The number of allylic oxidation sites excluding steroid dienone is 6. The van der Waals surface area contributed by atoms with Gasteiger partial charge in [-0.2, -0.15) is 0 Å². The van der Waals surface area contributed by atoms with Gasteiger partial charge in [-0.05, 0) is 107 Å². The molecule has 14 heteroatoms. The molecular formula is C51H79NO13. The van der Waals surface area contributed by atoms with Crippen LogP contribution < -0.4 is 0 Å². The average molecular weight is 914 g/mol. The predicted octanol–water partition coefficient (Wildman–Crippen LogP) is 6.18. The summed E-state index contributed by atoms with van der Waals surface area (Å²) in [5.74, 6) is -8.01. The van der Waals surface area contributed by atoms with Crippen molar-refractivity contribution in [3.63, 3.8) is 0 Å². The summed E-state index contributed by atoms with van der Waals surface area (Å²) in [4.78, 5) is 72.1. The molecule has 65 heavy (non-hydrogen) atoms. The number of ketones is 3. The number of fused-ring (bicyclic) bond motifs is 3. The number of amides is 1. The molecule has 3 fully saturated rings. The van der Waals surface area contributed by atoms with E-state index in [4.69, 9.17) is 23.7 Å². The van der Waals surface area contributed by atoms with Crippen LogP contribution in [0, 0.1) is 35.5 Å². The summed E-state index contributed by atoms with van der Waals surface area (Å²) in [7, 11) is 4.51. The minimum absolute atomic E-state index is 0.0147. The summed E-state index contributed by atoms with van der Waals surface area (Å²) in [5, 5.41) is 34.1. The monoisotopic (exact) mass is 914 g/mol. The van der Waals surface area contributed by atoms with Crippen LogP contribution in [-0.4, -0.2) is 132 Å². The molecule has 4 unspecified atom stereocenters. The molecule has 14 nitrogen and oxygen atoms in total. The zero-order valence-electron chi connectivity index (χ0n) is 40.6. The van der Waals surface area contributed by atoms with Crippen molar-refractivity contribution in [2.45, 2.75) is 180 Å². The lowest BCUT2D eigenvalue weighted by Crippen LogP contribution is -2.62. The minimum Gasteiger partial charge on any atom is -0.460 e. The smallest absolute Gasteiger partial charge is 0.329 e. The van der Waals surface area contributed by atoms with Gasteiger partial charge in [-0.15, -0.1) is 0 Å². The van der Waals surface area contributed by atoms with Crippen LogP contribution in [0.3, 0.4) is 0 Å². The van der Waals surface area contributed by atoms with Crippen LogP contribution in [0.15, 0.2) is 47.6 Å². The van der Waals surface area contributed by atoms with Gasteiger partial charge in [0.05, 0.1) is 24.4 Å². The molecule has 1 amide bonds. The Morgan fingerprint density at radius 1 is 0.831 bits per heavy atom. The number of nitrogens with zero attached hydrogens (tertiary/aromatic N) is 1. The third-order valence-corrected chi connectivity index (χ3v) is 14.4. The quantitative estimate of drug-likeness (QED) is 0.156. The van der Waals surface area contributed by atoms with E-state index in [1.54, 1.807) is 41.1 Å². The number of carbonyl (C=O) groups is 5. The zero-order chi connectivity index (χ0) is 48.2. The summed E-state index contributed by atoms with van der Waals surface area (Å²) < 4.78 is 29.5. The second-order valence-electron chi connectivity index (χ2n) is 19.6. The highest BCUT2D eigenvalue weighted by molar-refractivity contribution is 6.09. The SMILES string of the molecule is COC1CC2CC[C@@H](C)C(=O)C(O)(O2)C(=O)N2CCCCC2C(=O)O[C@H]([C@H](C)C[C@@H]2CC[C@@H](O)[C@H](OC)C2)CC(=O)[C@H](C)/C=C(\C)[C@@H](O)[C@@H](OC)C(=O)[C@@H](C)C[C@H](C)/C=C/C=C/C=C1C. The second kappa shape index (κ2) is 25.1. The van der Waals surface area contributed by atoms with Gasteiger partial charge in [0, 0.05) is 58.5 Å². The van der Waals surface area contributed by atoms with Gasteiger partial charge in [0.15, 0.2) is 5.78 Å². The van der Waals surface area contributed by atoms with Crippen molar-refractivity contribution in [3.05, 3.63) is 47.6 Å². The highest BCUT2D eigenvalue weighted by Gasteiger charge is 2.55. The van der Waals surface area contributed by atoms with E-state index in [-0.39, 0.29) is 61.2 Å². The number of esters is 1. The number of ether oxygens (including phenoxy) is 5. The number of carbonyl (C=O) groups excluding carboxylic acids is 5. The standard InChI is InChI=1S/C51H79NO13/c1-30-16-12-11-13-17-31(2)42(61-8)28-38-21-19-32(3)48(57)51(60,65-38)50(59)52-23-15-14-18-39(52)49(58)64-43(34(5)26-37-20-22-40(53)44(27-37)62-9)29-41(54)33(4)25-36(7)46(56)47(63-10)45(55)35(6)24-30/h11-13,16-17,25,30,32-35,37-40,42-44,46-47,53,56,60H,14-15,18-24,26-29H2,1-10H3/b13-11+,16-12+,31-17?,36-25+/t30-,32-,33-,34-,35+,37+,38?,39?,40-,42?,43+,44-,46-,47+,51?/m1/s1. The molecule has 0 aromatic rings. The van der Waals surface area contributed by atoms with Crippen molar-refractivity contribution in [2.75, 3.05) is 27.9 Å². The fourth-order valence-electron chi connectivity index (χ4n) is 10.1.